The summed E-state index contributed by atoms with van der Waals surface area (Å²) < 4.78 is 0. The van der Waals surface area contributed by atoms with Crippen LogP contribution in [0.5, 0.6) is 0 Å². The molecule has 1 aromatic carbocycles. The third-order valence-corrected chi connectivity index (χ3v) is 3.28. The van der Waals surface area contributed by atoms with Crippen molar-refractivity contribution in [3.63, 3.8) is 0 Å². The SMILES string of the molecule is CCCCN=C(NN)Nc1ccc2c(c1)CCC2. The number of aliphatic imine (C=N–C) groups is 1. The first-order valence-corrected chi connectivity index (χ1v) is 6.73. The summed E-state index contributed by atoms with van der Waals surface area (Å²) in [7, 11) is 0. The molecule has 0 heterocycles. The highest BCUT2D eigenvalue weighted by molar-refractivity contribution is 5.93. The van der Waals surface area contributed by atoms with Crippen LogP contribution in [0, 0.1) is 0 Å². The normalized spacial score (nSPS) is 14.4. The zero-order valence-electron chi connectivity index (χ0n) is 11.0. The maximum atomic E-state index is 5.47. The average Bonchev–Trinajstić information content (AvgIpc) is 2.85. The minimum Gasteiger partial charge on any atom is -0.325 e. The van der Waals surface area contributed by atoms with Crippen LogP contribution in [0.3, 0.4) is 0 Å². The van der Waals surface area contributed by atoms with Gasteiger partial charge in [0.15, 0.2) is 0 Å². The monoisotopic (exact) mass is 246 g/mol. The number of benzene rings is 1. The van der Waals surface area contributed by atoms with Crippen molar-refractivity contribution in [3.8, 4) is 0 Å². The van der Waals surface area contributed by atoms with E-state index < -0.39 is 0 Å². The van der Waals surface area contributed by atoms with Gasteiger partial charge in [0, 0.05) is 12.2 Å². The summed E-state index contributed by atoms with van der Waals surface area (Å²) in [4.78, 5) is 4.39. The standard InChI is InChI=1S/C14H22N4/c1-2-3-9-16-14(18-15)17-13-8-7-11-5-4-6-12(11)10-13/h7-8,10H,2-6,9,15H2,1H3,(H2,16,17,18). The molecule has 0 saturated carbocycles. The van der Waals surface area contributed by atoms with Crippen LogP contribution in [-0.4, -0.2) is 12.5 Å². The number of guanidine groups is 1. The van der Waals surface area contributed by atoms with Crippen LogP contribution in [0.4, 0.5) is 5.69 Å². The first kappa shape index (κ1) is 12.9. The topological polar surface area (TPSA) is 62.4 Å². The smallest absolute Gasteiger partial charge is 0.210 e. The molecule has 0 aromatic heterocycles. The molecule has 4 nitrogen and oxygen atoms in total. The highest BCUT2D eigenvalue weighted by Crippen LogP contribution is 2.24. The maximum Gasteiger partial charge on any atom is 0.210 e. The Morgan fingerprint density at radius 1 is 1.33 bits per heavy atom. The molecule has 0 spiro atoms. The molecule has 0 amide bonds. The van der Waals surface area contributed by atoms with Crippen LogP contribution < -0.4 is 16.6 Å². The van der Waals surface area contributed by atoms with Crippen molar-refractivity contribution < 1.29 is 0 Å². The molecule has 1 aliphatic carbocycles. The highest BCUT2D eigenvalue weighted by atomic mass is 15.3. The number of nitrogens with zero attached hydrogens (tertiary/aromatic N) is 1. The van der Waals surface area contributed by atoms with E-state index >= 15 is 0 Å². The number of anilines is 1. The summed E-state index contributed by atoms with van der Waals surface area (Å²) in [6.07, 6.45) is 5.88. The van der Waals surface area contributed by atoms with Gasteiger partial charge < -0.3 is 5.32 Å². The van der Waals surface area contributed by atoms with Gasteiger partial charge >= 0.3 is 0 Å². The number of rotatable bonds is 4. The van der Waals surface area contributed by atoms with E-state index in [0.29, 0.717) is 5.96 Å². The zero-order valence-corrected chi connectivity index (χ0v) is 11.0. The second-order valence-electron chi connectivity index (χ2n) is 4.69. The molecule has 0 unspecified atom stereocenters. The Bertz CT molecular complexity index is 426. The molecule has 1 aromatic rings. The summed E-state index contributed by atoms with van der Waals surface area (Å²) in [6.45, 7) is 2.95. The Kier molecular flexibility index (Phi) is 4.59. The van der Waals surface area contributed by atoms with Gasteiger partial charge in [0.05, 0.1) is 0 Å². The van der Waals surface area contributed by atoms with Crippen molar-refractivity contribution in [2.24, 2.45) is 10.8 Å². The lowest BCUT2D eigenvalue weighted by molar-refractivity contribution is 0.801. The van der Waals surface area contributed by atoms with Crippen LogP contribution in [0.1, 0.15) is 37.3 Å². The highest BCUT2D eigenvalue weighted by Gasteiger charge is 2.10. The van der Waals surface area contributed by atoms with Gasteiger partial charge in [-0.1, -0.05) is 19.4 Å². The number of aryl methyl sites for hydroxylation is 2. The van der Waals surface area contributed by atoms with Crippen LogP contribution in [0.25, 0.3) is 0 Å². The molecule has 1 aliphatic rings. The minimum absolute atomic E-state index is 0.640. The number of fused-ring (bicyclic) bond motifs is 1. The Labute approximate surface area is 109 Å². The summed E-state index contributed by atoms with van der Waals surface area (Å²) in [5, 5.41) is 3.23. The van der Waals surface area contributed by atoms with Crippen molar-refractivity contribution in [1.82, 2.24) is 5.43 Å². The van der Waals surface area contributed by atoms with Crippen LogP contribution in [0.15, 0.2) is 23.2 Å². The van der Waals surface area contributed by atoms with E-state index in [4.69, 9.17) is 5.84 Å². The third-order valence-electron chi connectivity index (χ3n) is 3.28. The fourth-order valence-corrected chi connectivity index (χ4v) is 2.26. The number of hydrazine groups is 1. The number of hydrogen-bond acceptors (Lipinski definition) is 2. The van der Waals surface area contributed by atoms with E-state index in [1.807, 2.05) is 0 Å². The molecule has 4 N–H and O–H groups in total. The number of nitrogens with two attached hydrogens (primary N) is 1. The van der Waals surface area contributed by atoms with Gasteiger partial charge in [-0.05, 0) is 48.9 Å². The Balaban J connectivity index is 2.01. The predicted octanol–water partition coefficient (Wildman–Crippen LogP) is 2.21. The summed E-state index contributed by atoms with van der Waals surface area (Å²) in [5.74, 6) is 6.11. The molecule has 0 bridgehead atoms. The van der Waals surface area contributed by atoms with E-state index in [1.165, 1.54) is 30.4 Å². The van der Waals surface area contributed by atoms with Gasteiger partial charge in [-0.15, -0.1) is 0 Å². The molecule has 0 radical (unpaired) electrons. The Hall–Kier alpha value is -1.55. The van der Waals surface area contributed by atoms with E-state index in [2.05, 4.69) is 40.9 Å². The lowest BCUT2D eigenvalue weighted by Crippen LogP contribution is -2.36. The molecular formula is C14H22N4. The fourth-order valence-electron chi connectivity index (χ4n) is 2.26. The first-order valence-electron chi connectivity index (χ1n) is 6.73. The predicted molar refractivity (Wildman–Crippen MR) is 76.6 cm³/mol. The Morgan fingerprint density at radius 2 is 2.17 bits per heavy atom. The minimum atomic E-state index is 0.640. The molecule has 98 valence electrons. The second-order valence-corrected chi connectivity index (χ2v) is 4.69. The molecule has 0 aliphatic heterocycles. The largest absolute Gasteiger partial charge is 0.325 e. The Morgan fingerprint density at radius 3 is 2.94 bits per heavy atom. The van der Waals surface area contributed by atoms with Gasteiger partial charge in [-0.3, -0.25) is 10.4 Å². The van der Waals surface area contributed by atoms with Crippen LogP contribution in [0.2, 0.25) is 0 Å². The number of nitrogens with one attached hydrogen (secondary N) is 2. The zero-order chi connectivity index (χ0) is 12.8. The lowest BCUT2D eigenvalue weighted by atomic mass is 10.1. The first-order chi connectivity index (χ1) is 8.83. The molecule has 18 heavy (non-hydrogen) atoms. The third kappa shape index (κ3) is 3.23. The van der Waals surface area contributed by atoms with Crippen molar-refractivity contribution >= 4 is 11.6 Å². The van der Waals surface area contributed by atoms with Gasteiger partial charge in [0.25, 0.3) is 0 Å². The van der Waals surface area contributed by atoms with E-state index in [-0.39, 0.29) is 0 Å². The van der Waals surface area contributed by atoms with E-state index in [9.17, 15) is 0 Å². The van der Waals surface area contributed by atoms with Gasteiger partial charge in [-0.2, -0.15) is 0 Å². The van der Waals surface area contributed by atoms with Crippen molar-refractivity contribution in [3.05, 3.63) is 29.3 Å². The summed E-state index contributed by atoms with van der Waals surface area (Å²) >= 11 is 0. The maximum absolute atomic E-state index is 5.47. The second kappa shape index (κ2) is 6.40. The van der Waals surface area contributed by atoms with Gasteiger partial charge in [0.1, 0.15) is 0 Å². The summed E-state index contributed by atoms with van der Waals surface area (Å²) in [5.41, 5.74) is 6.60. The van der Waals surface area contributed by atoms with Crippen LogP contribution >= 0.6 is 0 Å². The lowest BCUT2D eigenvalue weighted by Gasteiger charge is -2.10. The van der Waals surface area contributed by atoms with E-state index in [0.717, 1.165) is 25.1 Å². The average molecular weight is 246 g/mol. The van der Waals surface area contributed by atoms with Crippen molar-refractivity contribution in [2.75, 3.05) is 11.9 Å². The van der Waals surface area contributed by atoms with Gasteiger partial charge in [0.2, 0.25) is 5.96 Å². The molecule has 0 saturated heterocycles. The molecule has 0 atom stereocenters. The summed E-state index contributed by atoms with van der Waals surface area (Å²) in [6, 6.07) is 6.50. The fraction of sp³-hybridized carbons (Fsp3) is 0.500. The number of unbranched alkanes of at least 4 members (excludes halogenated alkanes) is 1. The molecule has 2 rings (SSSR count). The van der Waals surface area contributed by atoms with E-state index in [1.54, 1.807) is 0 Å². The van der Waals surface area contributed by atoms with Crippen molar-refractivity contribution in [1.29, 1.82) is 0 Å². The molecular weight excluding hydrogens is 224 g/mol. The quantitative estimate of drug-likeness (QED) is 0.251. The van der Waals surface area contributed by atoms with Crippen LogP contribution in [-0.2, 0) is 12.8 Å². The van der Waals surface area contributed by atoms with Crippen molar-refractivity contribution in [2.45, 2.75) is 39.0 Å². The number of hydrogen-bond donors (Lipinski definition) is 3. The molecule has 0 fully saturated rings. The van der Waals surface area contributed by atoms with Gasteiger partial charge in [-0.25, -0.2) is 5.84 Å². The molecule has 4 heteroatoms.